The number of aromatic nitrogens is 3. The van der Waals surface area contributed by atoms with E-state index in [4.69, 9.17) is 4.74 Å². The number of ketones is 1. The number of carbonyl (C=O) groups excluding carboxylic acids is 2. The van der Waals surface area contributed by atoms with Crippen LogP contribution in [-0.2, 0) is 4.79 Å². The highest BCUT2D eigenvalue weighted by Gasteiger charge is 2.31. The fourth-order valence-corrected chi connectivity index (χ4v) is 4.04. The molecule has 8 nitrogen and oxygen atoms in total. The third kappa shape index (κ3) is 4.41. The van der Waals surface area contributed by atoms with Crippen LogP contribution < -0.4 is 15.4 Å². The van der Waals surface area contributed by atoms with Crippen molar-refractivity contribution in [3.8, 4) is 11.5 Å². The van der Waals surface area contributed by atoms with E-state index in [0.717, 1.165) is 18.6 Å². The van der Waals surface area contributed by atoms with E-state index in [2.05, 4.69) is 25.6 Å². The maximum Gasteiger partial charge on any atom is 0.217 e. The average molecular weight is 441 g/mol. The summed E-state index contributed by atoms with van der Waals surface area (Å²) in [6.45, 7) is 1.52. The first-order valence-corrected chi connectivity index (χ1v) is 10.8. The summed E-state index contributed by atoms with van der Waals surface area (Å²) in [5, 5.41) is 6.98. The fourth-order valence-electron chi connectivity index (χ4n) is 4.04. The zero-order chi connectivity index (χ0) is 22.8. The molecule has 166 valence electrons. The Morgan fingerprint density at radius 3 is 2.42 bits per heavy atom. The van der Waals surface area contributed by atoms with Crippen LogP contribution in [0.1, 0.15) is 35.7 Å². The molecule has 0 spiro atoms. The summed E-state index contributed by atoms with van der Waals surface area (Å²) in [7, 11) is 0. The molecule has 2 aromatic carbocycles. The summed E-state index contributed by atoms with van der Waals surface area (Å²) in [6, 6.07) is 16.9. The lowest BCUT2D eigenvalue weighted by atomic mass is 9.86. The molecule has 1 aliphatic rings. The van der Waals surface area contributed by atoms with Gasteiger partial charge >= 0.3 is 0 Å². The molecule has 0 atom stereocenters. The molecule has 8 heteroatoms. The van der Waals surface area contributed by atoms with Gasteiger partial charge in [-0.3, -0.25) is 9.59 Å². The molecule has 4 aromatic rings. The molecule has 2 aromatic heterocycles. The van der Waals surface area contributed by atoms with Crippen LogP contribution in [0, 0.1) is 0 Å². The van der Waals surface area contributed by atoms with Crippen molar-refractivity contribution in [2.24, 2.45) is 0 Å². The second kappa shape index (κ2) is 8.74. The zero-order valence-corrected chi connectivity index (χ0v) is 18.0. The molecule has 3 N–H and O–H groups in total. The minimum atomic E-state index is -0.130. The van der Waals surface area contributed by atoms with Gasteiger partial charge < -0.3 is 20.4 Å². The minimum absolute atomic E-state index is 0.0263. The Bertz CT molecular complexity index is 1290. The maximum atomic E-state index is 13.3. The van der Waals surface area contributed by atoms with Crippen molar-refractivity contribution in [3.05, 3.63) is 78.2 Å². The van der Waals surface area contributed by atoms with E-state index in [1.807, 2.05) is 30.3 Å². The van der Waals surface area contributed by atoms with E-state index in [0.29, 0.717) is 33.7 Å². The predicted octanol–water partition coefficient (Wildman–Crippen LogP) is 4.06. The molecule has 1 amide bonds. The summed E-state index contributed by atoms with van der Waals surface area (Å²) in [6.07, 6.45) is 4.75. The molecule has 0 aliphatic heterocycles. The molecular weight excluding hydrogens is 418 g/mol. The van der Waals surface area contributed by atoms with Gasteiger partial charge in [0.15, 0.2) is 5.78 Å². The van der Waals surface area contributed by atoms with Crippen molar-refractivity contribution in [2.45, 2.75) is 31.8 Å². The van der Waals surface area contributed by atoms with Crippen LogP contribution in [-0.4, -0.2) is 38.7 Å². The Morgan fingerprint density at radius 1 is 0.970 bits per heavy atom. The molecular formula is C25H23N5O3. The van der Waals surface area contributed by atoms with Crippen LogP contribution in [0.15, 0.2) is 67.1 Å². The van der Waals surface area contributed by atoms with E-state index in [1.54, 1.807) is 30.5 Å². The standard InChI is InChI=1S/C25H23N5O3/c1-15(31)29-17-11-18(12-17)30-25-22-21(13-26-24(22)27-14-28-25)23(32)16-7-9-20(10-8-16)33-19-5-3-2-4-6-19/h2-10,13-14,17-18H,11-12H2,1H3,(H,29,31)(H2,26,27,28,30)/t17-,18+. The molecule has 0 radical (unpaired) electrons. The average Bonchev–Trinajstić information content (AvgIpc) is 3.23. The van der Waals surface area contributed by atoms with Crippen molar-refractivity contribution >= 4 is 28.5 Å². The first-order chi connectivity index (χ1) is 16.1. The third-order valence-corrected chi connectivity index (χ3v) is 5.70. The number of amides is 1. The number of H-pyrrole nitrogens is 1. The second-order valence-corrected chi connectivity index (χ2v) is 8.13. The first-order valence-electron chi connectivity index (χ1n) is 10.8. The summed E-state index contributed by atoms with van der Waals surface area (Å²) in [5.41, 5.74) is 1.64. The summed E-state index contributed by atoms with van der Waals surface area (Å²) < 4.78 is 5.81. The largest absolute Gasteiger partial charge is 0.457 e. The summed E-state index contributed by atoms with van der Waals surface area (Å²) >= 11 is 0. The second-order valence-electron chi connectivity index (χ2n) is 8.13. The smallest absolute Gasteiger partial charge is 0.217 e. The monoisotopic (exact) mass is 441 g/mol. The van der Waals surface area contributed by atoms with E-state index < -0.39 is 0 Å². The zero-order valence-electron chi connectivity index (χ0n) is 18.0. The number of fused-ring (bicyclic) bond motifs is 1. The van der Waals surface area contributed by atoms with E-state index in [1.165, 1.54) is 13.3 Å². The summed E-state index contributed by atoms with van der Waals surface area (Å²) in [5.74, 6) is 1.84. The normalized spacial score (nSPS) is 17.2. The number of nitrogens with zero attached hydrogens (tertiary/aromatic N) is 2. The van der Waals surface area contributed by atoms with Crippen molar-refractivity contribution in [2.75, 3.05) is 5.32 Å². The van der Waals surface area contributed by atoms with Gasteiger partial charge in [-0.05, 0) is 49.2 Å². The number of hydrogen-bond donors (Lipinski definition) is 3. The number of nitrogens with one attached hydrogen (secondary N) is 3. The Hall–Kier alpha value is -4.20. The number of ether oxygens (including phenoxy) is 1. The number of benzene rings is 2. The van der Waals surface area contributed by atoms with E-state index in [9.17, 15) is 9.59 Å². The quantitative estimate of drug-likeness (QED) is 0.373. The van der Waals surface area contributed by atoms with Crippen LogP contribution in [0.5, 0.6) is 11.5 Å². The number of rotatable bonds is 7. The number of para-hydroxylation sites is 1. The number of carbonyl (C=O) groups is 2. The molecule has 0 unspecified atom stereocenters. The highest BCUT2D eigenvalue weighted by molar-refractivity contribution is 6.18. The van der Waals surface area contributed by atoms with Gasteiger partial charge in [-0.2, -0.15) is 0 Å². The number of anilines is 1. The lowest BCUT2D eigenvalue weighted by molar-refractivity contribution is -0.120. The molecule has 0 saturated heterocycles. The van der Waals surface area contributed by atoms with Crippen molar-refractivity contribution < 1.29 is 14.3 Å². The Kier molecular flexibility index (Phi) is 5.48. The lowest BCUT2D eigenvalue weighted by Crippen LogP contribution is -2.49. The van der Waals surface area contributed by atoms with Crippen LogP contribution in [0.4, 0.5) is 5.82 Å². The van der Waals surface area contributed by atoms with Gasteiger partial charge in [-0.15, -0.1) is 0 Å². The molecule has 33 heavy (non-hydrogen) atoms. The first kappa shape index (κ1) is 20.7. The van der Waals surface area contributed by atoms with Crippen LogP contribution in [0.25, 0.3) is 11.0 Å². The molecule has 1 fully saturated rings. The molecule has 1 aliphatic carbocycles. The highest BCUT2D eigenvalue weighted by atomic mass is 16.5. The van der Waals surface area contributed by atoms with Crippen LogP contribution >= 0.6 is 0 Å². The Morgan fingerprint density at radius 2 is 1.70 bits per heavy atom. The van der Waals surface area contributed by atoms with Crippen LogP contribution in [0.2, 0.25) is 0 Å². The summed E-state index contributed by atoms with van der Waals surface area (Å²) in [4.78, 5) is 36.2. The van der Waals surface area contributed by atoms with Crippen molar-refractivity contribution in [1.29, 1.82) is 0 Å². The van der Waals surface area contributed by atoms with Gasteiger partial charge in [-0.1, -0.05) is 18.2 Å². The van der Waals surface area contributed by atoms with Gasteiger partial charge in [0.25, 0.3) is 0 Å². The molecule has 1 saturated carbocycles. The van der Waals surface area contributed by atoms with Crippen molar-refractivity contribution in [1.82, 2.24) is 20.3 Å². The van der Waals surface area contributed by atoms with Gasteiger partial charge in [0.05, 0.1) is 10.9 Å². The lowest BCUT2D eigenvalue weighted by Gasteiger charge is -2.36. The molecule has 2 heterocycles. The Labute approximate surface area is 190 Å². The number of aromatic amines is 1. The molecule has 0 bridgehead atoms. The maximum absolute atomic E-state index is 13.3. The van der Waals surface area contributed by atoms with E-state index >= 15 is 0 Å². The highest BCUT2D eigenvalue weighted by Crippen LogP contribution is 2.30. The third-order valence-electron chi connectivity index (χ3n) is 5.70. The Balaban J connectivity index is 1.34. The topological polar surface area (TPSA) is 109 Å². The van der Waals surface area contributed by atoms with Gasteiger partial charge in [-0.25, -0.2) is 9.97 Å². The molecule has 5 rings (SSSR count). The van der Waals surface area contributed by atoms with Crippen LogP contribution in [0.3, 0.4) is 0 Å². The minimum Gasteiger partial charge on any atom is -0.457 e. The van der Waals surface area contributed by atoms with Gasteiger partial charge in [0, 0.05) is 30.8 Å². The number of hydrogen-bond acceptors (Lipinski definition) is 6. The van der Waals surface area contributed by atoms with Gasteiger partial charge in [0.2, 0.25) is 5.91 Å². The SMILES string of the molecule is CC(=O)N[C@H]1C[C@@H](Nc2ncnc3[nH]cc(C(=O)c4ccc(Oc5ccccc5)cc4)c23)C1. The van der Waals surface area contributed by atoms with Gasteiger partial charge in [0.1, 0.15) is 29.3 Å². The fraction of sp³-hybridized carbons (Fsp3) is 0.200. The van der Waals surface area contributed by atoms with Crippen molar-refractivity contribution in [3.63, 3.8) is 0 Å². The predicted molar refractivity (Wildman–Crippen MR) is 125 cm³/mol. The van der Waals surface area contributed by atoms with E-state index in [-0.39, 0.29) is 23.8 Å².